The van der Waals surface area contributed by atoms with Crippen LogP contribution in [0.25, 0.3) is 74.7 Å². The zero-order chi connectivity index (χ0) is 33.9. The fraction of sp³-hybridized carbons (Fsp3) is 0. The molecule has 0 fully saturated rings. The van der Waals surface area contributed by atoms with E-state index in [4.69, 9.17) is 0 Å². The van der Waals surface area contributed by atoms with E-state index < -0.39 is 0 Å². The molecule has 0 aliphatic heterocycles. The van der Waals surface area contributed by atoms with Gasteiger partial charge in [0.15, 0.2) is 0 Å². The molecule has 0 atom stereocenters. The predicted octanol–water partition coefficient (Wildman–Crippen LogP) is 14.5. The summed E-state index contributed by atoms with van der Waals surface area (Å²) in [6.45, 7) is 0. The zero-order valence-corrected chi connectivity index (χ0v) is 28.4. The maximum atomic E-state index is 14.8. The average Bonchev–Trinajstić information content (AvgIpc) is 3.55. The van der Waals surface area contributed by atoms with Gasteiger partial charge in [-0.2, -0.15) is 0 Å². The minimum absolute atomic E-state index is 0.264. The second kappa shape index (κ2) is 11.9. The van der Waals surface area contributed by atoms with Gasteiger partial charge in [-0.3, -0.25) is 0 Å². The Labute approximate surface area is 299 Å². The quantitative estimate of drug-likeness (QED) is 0.165. The number of rotatable bonds is 5. The molecule has 0 radical (unpaired) electrons. The molecule has 0 aliphatic carbocycles. The average molecular weight is 672 g/mol. The van der Waals surface area contributed by atoms with Gasteiger partial charge in [-0.1, -0.05) is 127 Å². The van der Waals surface area contributed by atoms with Crippen molar-refractivity contribution in [3.8, 4) is 22.3 Å². The van der Waals surface area contributed by atoms with Crippen LogP contribution in [0.3, 0.4) is 0 Å². The molecule has 0 saturated carbocycles. The fourth-order valence-corrected chi connectivity index (χ4v) is 8.95. The van der Waals surface area contributed by atoms with E-state index in [9.17, 15) is 4.39 Å². The molecule has 0 amide bonds. The first-order valence-electron chi connectivity index (χ1n) is 17.2. The molecule has 0 spiro atoms. The van der Waals surface area contributed by atoms with Crippen molar-refractivity contribution in [1.82, 2.24) is 0 Å². The number of hydrogen-bond donors (Lipinski definition) is 0. The molecule has 0 unspecified atom stereocenters. The van der Waals surface area contributed by atoms with E-state index in [1.165, 1.54) is 75.2 Å². The monoisotopic (exact) mass is 671 g/mol. The summed E-state index contributed by atoms with van der Waals surface area (Å²) in [5.74, 6) is -0.264. The molecular formula is C48H30FNS. The van der Waals surface area contributed by atoms with Gasteiger partial charge < -0.3 is 4.90 Å². The van der Waals surface area contributed by atoms with Gasteiger partial charge in [0.25, 0.3) is 0 Å². The standard InChI is InChI=1S/C48H30FNS/c49-33-13-10-14-35(29-33)50(36-27-28-46-44(30-36)38-16-7-8-22-45(38)51-46)34-25-23-32(24-26-34)47-40-17-3-5-19-42(40)48(43-20-6-4-18-41(43)47)39-21-9-12-31-11-1-2-15-37(31)39/h1-30H. The summed E-state index contributed by atoms with van der Waals surface area (Å²) in [6.07, 6.45) is 0. The van der Waals surface area contributed by atoms with E-state index in [0.29, 0.717) is 0 Å². The Morgan fingerprint density at radius 1 is 0.373 bits per heavy atom. The molecule has 0 aliphatic rings. The Bertz CT molecular complexity index is 2880. The third-order valence-electron chi connectivity index (χ3n) is 10.1. The van der Waals surface area contributed by atoms with Crippen LogP contribution in [-0.4, -0.2) is 0 Å². The number of halogens is 1. The van der Waals surface area contributed by atoms with E-state index in [1.807, 2.05) is 6.07 Å². The first-order chi connectivity index (χ1) is 25.2. The van der Waals surface area contributed by atoms with Gasteiger partial charge in [-0.25, -0.2) is 4.39 Å². The molecule has 9 aromatic carbocycles. The Kier molecular flexibility index (Phi) is 6.93. The molecule has 0 bridgehead atoms. The number of anilines is 3. The van der Waals surface area contributed by atoms with Crippen LogP contribution in [-0.2, 0) is 0 Å². The highest BCUT2D eigenvalue weighted by Gasteiger charge is 2.19. The van der Waals surface area contributed by atoms with Crippen molar-refractivity contribution in [3.63, 3.8) is 0 Å². The van der Waals surface area contributed by atoms with Crippen LogP contribution in [0.5, 0.6) is 0 Å². The van der Waals surface area contributed by atoms with Gasteiger partial charge in [-0.15, -0.1) is 11.3 Å². The SMILES string of the molecule is Fc1cccc(N(c2ccc(-c3c4ccccc4c(-c4cccc5ccccc45)c4ccccc34)cc2)c2ccc3sc4ccccc4c3c2)c1. The number of benzene rings is 9. The summed E-state index contributed by atoms with van der Waals surface area (Å²) in [4.78, 5) is 2.15. The van der Waals surface area contributed by atoms with Crippen LogP contribution in [0.4, 0.5) is 21.5 Å². The minimum atomic E-state index is -0.264. The van der Waals surface area contributed by atoms with Crippen molar-refractivity contribution in [3.05, 3.63) is 188 Å². The zero-order valence-electron chi connectivity index (χ0n) is 27.6. The summed E-state index contributed by atoms with van der Waals surface area (Å²) < 4.78 is 17.3. The van der Waals surface area contributed by atoms with E-state index in [2.05, 4.69) is 163 Å². The number of hydrogen-bond acceptors (Lipinski definition) is 2. The van der Waals surface area contributed by atoms with Gasteiger partial charge in [0, 0.05) is 37.2 Å². The highest BCUT2D eigenvalue weighted by atomic mass is 32.1. The van der Waals surface area contributed by atoms with Crippen molar-refractivity contribution >= 4 is 80.9 Å². The third kappa shape index (κ3) is 4.89. The van der Waals surface area contributed by atoms with Crippen molar-refractivity contribution in [2.24, 2.45) is 0 Å². The van der Waals surface area contributed by atoms with E-state index in [1.54, 1.807) is 23.5 Å². The van der Waals surface area contributed by atoms with Crippen molar-refractivity contribution in [2.45, 2.75) is 0 Å². The van der Waals surface area contributed by atoms with Crippen LogP contribution >= 0.6 is 11.3 Å². The van der Waals surface area contributed by atoms with Gasteiger partial charge >= 0.3 is 0 Å². The van der Waals surface area contributed by atoms with Gasteiger partial charge in [0.1, 0.15) is 5.82 Å². The number of nitrogens with zero attached hydrogens (tertiary/aromatic N) is 1. The lowest BCUT2D eigenvalue weighted by atomic mass is 9.85. The van der Waals surface area contributed by atoms with Crippen LogP contribution in [0, 0.1) is 5.82 Å². The molecule has 51 heavy (non-hydrogen) atoms. The van der Waals surface area contributed by atoms with E-state index >= 15 is 0 Å². The van der Waals surface area contributed by atoms with Gasteiger partial charge in [-0.05, 0) is 109 Å². The fourth-order valence-electron chi connectivity index (χ4n) is 7.87. The van der Waals surface area contributed by atoms with Crippen LogP contribution in [0.2, 0.25) is 0 Å². The molecule has 0 N–H and O–H groups in total. The Hall–Kier alpha value is -6.29. The lowest BCUT2D eigenvalue weighted by molar-refractivity contribution is 0.628. The predicted molar refractivity (Wildman–Crippen MR) is 217 cm³/mol. The van der Waals surface area contributed by atoms with Crippen molar-refractivity contribution in [2.75, 3.05) is 4.90 Å². The molecule has 1 aromatic heterocycles. The molecular weight excluding hydrogens is 642 g/mol. The largest absolute Gasteiger partial charge is 0.310 e. The van der Waals surface area contributed by atoms with Crippen LogP contribution in [0.1, 0.15) is 0 Å². The van der Waals surface area contributed by atoms with Crippen molar-refractivity contribution < 1.29 is 4.39 Å². The van der Waals surface area contributed by atoms with Crippen molar-refractivity contribution in [1.29, 1.82) is 0 Å². The van der Waals surface area contributed by atoms with E-state index in [-0.39, 0.29) is 5.82 Å². The lowest BCUT2D eigenvalue weighted by Crippen LogP contribution is -2.10. The molecule has 3 heteroatoms. The van der Waals surface area contributed by atoms with Gasteiger partial charge in [0.2, 0.25) is 0 Å². The summed E-state index contributed by atoms with van der Waals surface area (Å²) in [5.41, 5.74) is 7.56. The molecule has 1 nitrogen and oxygen atoms in total. The highest BCUT2D eigenvalue weighted by Crippen LogP contribution is 2.46. The first kappa shape index (κ1) is 29.6. The van der Waals surface area contributed by atoms with E-state index in [0.717, 1.165) is 22.6 Å². The third-order valence-corrected chi connectivity index (χ3v) is 11.2. The summed E-state index contributed by atoms with van der Waals surface area (Å²) in [6, 6.07) is 63.5. The normalized spacial score (nSPS) is 11.6. The first-order valence-corrected chi connectivity index (χ1v) is 18.0. The maximum absolute atomic E-state index is 14.8. The molecule has 240 valence electrons. The topological polar surface area (TPSA) is 3.24 Å². The second-order valence-corrected chi connectivity index (χ2v) is 14.1. The summed E-state index contributed by atoms with van der Waals surface area (Å²) in [5, 5.41) is 9.80. The molecule has 1 heterocycles. The van der Waals surface area contributed by atoms with Crippen LogP contribution in [0.15, 0.2) is 182 Å². The molecule has 10 aromatic rings. The smallest absolute Gasteiger partial charge is 0.125 e. The highest BCUT2D eigenvalue weighted by molar-refractivity contribution is 7.25. The van der Waals surface area contributed by atoms with Gasteiger partial charge in [0.05, 0.1) is 0 Å². The minimum Gasteiger partial charge on any atom is -0.310 e. The number of fused-ring (bicyclic) bond motifs is 6. The van der Waals surface area contributed by atoms with Crippen LogP contribution < -0.4 is 4.90 Å². The Balaban J connectivity index is 1.16. The summed E-state index contributed by atoms with van der Waals surface area (Å²) in [7, 11) is 0. The lowest BCUT2D eigenvalue weighted by Gasteiger charge is -2.26. The second-order valence-electron chi connectivity index (χ2n) is 13.0. The Morgan fingerprint density at radius 3 is 1.65 bits per heavy atom. The summed E-state index contributed by atoms with van der Waals surface area (Å²) >= 11 is 1.80. The Morgan fingerprint density at radius 2 is 0.922 bits per heavy atom. The molecule has 10 rings (SSSR count). The number of thiophene rings is 1. The maximum Gasteiger partial charge on any atom is 0.125 e. The molecule has 0 saturated heterocycles.